The second kappa shape index (κ2) is 10.4. The van der Waals surface area contributed by atoms with Gasteiger partial charge in [0.2, 0.25) is 0 Å². The number of aromatic nitrogens is 4. The molecule has 2 aromatic heterocycles. The molecule has 1 saturated heterocycles. The first-order valence-electron chi connectivity index (χ1n) is 11.9. The number of phenolic OH excluding ortho intramolecular Hbond substituents is 1. The summed E-state index contributed by atoms with van der Waals surface area (Å²) in [6, 6.07) is 7.06. The minimum absolute atomic E-state index is 0.0363. The number of rotatable bonds is 6. The van der Waals surface area contributed by atoms with Crippen molar-refractivity contribution in [2.24, 2.45) is 0 Å². The van der Waals surface area contributed by atoms with Crippen LogP contribution in [0.5, 0.6) is 11.8 Å². The smallest absolute Gasteiger partial charge is 0.319 e. The molecule has 1 aliphatic rings. The van der Waals surface area contributed by atoms with Crippen LogP contribution in [0.1, 0.15) is 18.4 Å². The van der Waals surface area contributed by atoms with Crippen LogP contribution in [-0.4, -0.2) is 57.3 Å². The SMILES string of the molecule is Cc1ccnc(CCOc2nc(N3CCNC[C@@H]3C)c3cc(Cl)c(-c4c(O)cccc4F)c(F)c3n2)n1. The van der Waals surface area contributed by atoms with Crippen LogP contribution in [0.3, 0.4) is 0 Å². The van der Waals surface area contributed by atoms with Crippen LogP contribution in [0.2, 0.25) is 5.02 Å². The number of piperazine rings is 1. The van der Waals surface area contributed by atoms with Crippen LogP contribution in [0.4, 0.5) is 14.6 Å². The Morgan fingerprint density at radius 2 is 2.03 bits per heavy atom. The first-order valence-corrected chi connectivity index (χ1v) is 12.3. The first-order chi connectivity index (χ1) is 17.8. The van der Waals surface area contributed by atoms with E-state index in [1.807, 2.05) is 18.7 Å². The minimum Gasteiger partial charge on any atom is -0.507 e. The van der Waals surface area contributed by atoms with Gasteiger partial charge in [0.1, 0.15) is 28.7 Å². The molecule has 2 N–H and O–H groups in total. The molecule has 0 amide bonds. The molecular formula is C26H25ClF2N6O2. The maximum atomic E-state index is 16.1. The van der Waals surface area contributed by atoms with Crippen molar-refractivity contribution in [1.82, 2.24) is 25.3 Å². The Kier molecular flexibility index (Phi) is 7.03. The van der Waals surface area contributed by atoms with Crippen molar-refractivity contribution < 1.29 is 18.6 Å². The molecule has 0 radical (unpaired) electrons. The Hall–Kier alpha value is -3.63. The number of nitrogens with one attached hydrogen (secondary N) is 1. The lowest BCUT2D eigenvalue weighted by Crippen LogP contribution is -2.50. The highest BCUT2D eigenvalue weighted by Crippen LogP contribution is 2.42. The van der Waals surface area contributed by atoms with E-state index in [1.54, 1.807) is 12.3 Å². The molecule has 4 aromatic rings. The highest BCUT2D eigenvalue weighted by atomic mass is 35.5. The largest absolute Gasteiger partial charge is 0.507 e. The van der Waals surface area contributed by atoms with Gasteiger partial charge < -0.3 is 20.1 Å². The summed E-state index contributed by atoms with van der Waals surface area (Å²) in [5.41, 5.74) is 0.146. The predicted octanol–water partition coefficient (Wildman–Crippen LogP) is 4.45. The number of hydrogen-bond donors (Lipinski definition) is 2. The average Bonchev–Trinajstić information content (AvgIpc) is 2.86. The quantitative estimate of drug-likeness (QED) is 0.380. The Balaban J connectivity index is 1.61. The van der Waals surface area contributed by atoms with Crippen LogP contribution in [-0.2, 0) is 6.42 Å². The van der Waals surface area contributed by atoms with Crippen LogP contribution in [0, 0.1) is 18.6 Å². The fraction of sp³-hybridized carbons (Fsp3) is 0.308. The number of aromatic hydroxyl groups is 1. The number of nitrogens with zero attached hydrogens (tertiary/aromatic N) is 5. The number of halogens is 3. The van der Waals surface area contributed by atoms with E-state index < -0.39 is 17.4 Å². The van der Waals surface area contributed by atoms with Crippen molar-refractivity contribution in [1.29, 1.82) is 0 Å². The lowest BCUT2D eigenvalue weighted by atomic mass is 10.0. The summed E-state index contributed by atoms with van der Waals surface area (Å²) in [4.78, 5) is 19.6. The number of benzene rings is 2. The van der Waals surface area contributed by atoms with Gasteiger partial charge in [-0.25, -0.2) is 18.7 Å². The average molecular weight is 527 g/mol. The number of ether oxygens (including phenoxy) is 1. The second-order valence-electron chi connectivity index (χ2n) is 8.87. The van der Waals surface area contributed by atoms with Crippen molar-refractivity contribution in [3.63, 3.8) is 0 Å². The van der Waals surface area contributed by atoms with E-state index in [4.69, 9.17) is 16.3 Å². The monoisotopic (exact) mass is 526 g/mol. The molecule has 0 aliphatic carbocycles. The molecule has 11 heteroatoms. The van der Waals surface area contributed by atoms with Gasteiger partial charge in [0.15, 0.2) is 5.82 Å². The molecule has 1 atom stereocenters. The van der Waals surface area contributed by atoms with Gasteiger partial charge in [0, 0.05) is 54.9 Å². The molecule has 0 bridgehead atoms. The van der Waals surface area contributed by atoms with Gasteiger partial charge in [0.05, 0.1) is 17.2 Å². The van der Waals surface area contributed by atoms with E-state index >= 15 is 4.39 Å². The lowest BCUT2D eigenvalue weighted by Gasteiger charge is -2.35. The summed E-state index contributed by atoms with van der Waals surface area (Å²) in [5, 5.41) is 13.9. The van der Waals surface area contributed by atoms with Crippen LogP contribution < -0.4 is 15.0 Å². The molecule has 3 heterocycles. The zero-order valence-electron chi connectivity index (χ0n) is 20.3. The topological polar surface area (TPSA) is 96.3 Å². The molecule has 37 heavy (non-hydrogen) atoms. The molecule has 0 unspecified atom stereocenters. The predicted molar refractivity (Wildman–Crippen MR) is 137 cm³/mol. The third-order valence-electron chi connectivity index (χ3n) is 6.26. The van der Waals surface area contributed by atoms with Crippen LogP contribution in [0.25, 0.3) is 22.0 Å². The molecule has 192 valence electrons. The normalized spacial score (nSPS) is 15.8. The van der Waals surface area contributed by atoms with Crippen molar-refractivity contribution in [2.45, 2.75) is 26.3 Å². The molecule has 5 rings (SSSR count). The van der Waals surface area contributed by atoms with Gasteiger partial charge in [-0.3, -0.25) is 0 Å². The fourth-order valence-electron chi connectivity index (χ4n) is 4.44. The number of phenols is 1. The Morgan fingerprint density at radius 3 is 2.78 bits per heavy atom. The first kappa shape index (κ1) is 25.0. The maximum absolute atomic E-state index is 16.1. The van der Waals surface area contributed by atoms with Crippen molar-refractivity contribution in [2.75, 3.05) is 31.1 Å². The summed E-state index contributed by atoms with van der Waals surface area (Å²) in [7, 11) is 0. The highest BCUT2D eigenvalue weighted by molar-refractivity contribution is 6.34. The third-order valence-corrected chi connectivity index (χ3v) is 6.56. The Labute approximate surface area is 217 Å². The van der Waals surface area contributed by atoms with Gasteiger partial charge in [-0.05, 0) is 38.1 Å². The van der Waals surface area contributed by atoms with Gasteiger partial charge in [-0.15, -0.1) is 0 Å². The van der Waals surface area contributed by atoms with E-state index in [0.717, 1.165) is 11.8 Å². The van der Waals surface area contributed by atoms with Crippen LogP contribution in [0.15, 0.2) is 36.5 Å². The zero-order chi connectivity index (χ0) is 26.1. The van der Waals surface area contributed by atoms with Crippen molar-refractivity contribution in [3.05, 3.63) is 64.7 Å². The molecule has 0 spiro atoms. The number of hydrogen-bond acceptors (Lipinski definition) is 8. The molecule has 1 aliphatic heterocycles. The maximum Gasteiger partial charge on any atom is 0.319 e. The summed E-state index contributed by atoms with van der Waals surface area (Å²) in [5.74, 6) is -1.04. The molecule has 0 saturated carbocycles. The van der Waals surface area contributed by atoms with E-state index in [0.29, 0.717) is 43.1 Å². The van der Waals surface area contributed by atoms with Gasteiger partial charge in [-0.1, -0.05) is 17.7 Å². The molecular weight excluding hydrogens is 502 g/mol. The minimum atomic E-state index is -0.874. The van der Waals surface area contributed by atoms with E-state index in [9.17, 15) is 9.50 Å². The molecule has 2 aromatic carbocycles. The summed E-state index contributed by atoms with van der Waals surface area (Å²) >= 11 is 6.49. The summed E-state index contributed by atoms with van der Waals surface area (Å²) in [6.45, 7) is 6.12. The van der Waals surface area contributed by atoms with Gasteiger partial charge in [-0.2, -0.15) is 9.97 Å². The van der Waals surface area contributed by atoms with Gasteiger partial charge >= 0.3 is 6.01 Å². The molecule has 1 fully saturated rings. The summed E-state index contributed by atoms with van der Waals surface area (Å²) < 4.78 is 36.6. The van der Waals surface area contributed by atoms with Crippen LogP contribution >= 0.6 is 11.6 Å². The number of fused-ring (bicyclic) bond motifs is 1. The Morgan fingerprint density at radius 1 is 1.19 bits per heavy atom. The standard InChI is InChI=1S/C26H25ClF2N6O2/c1-14-6-8-31-20(32-14)7-11-37-26-33-24-16(25(34-26)35-10-9-30-13-15(35)2)12-17(27)21(23(24)29)22-18(28)4-3-5-19(22)36/h3-6,8,12,15,30,36H,7,9-11,13H2,1-2H3/t15-/m0/s1. The van der Waals surface area contributed by atoms with Crippen molar-refractivity contribution in [3.8, 4) is 22.9 Å². The second-order valence-corrected chi connectivity index (χ2v) is 9.27. The van der Waals surface area contributed by atoms with E-state index in [2.05, 4.69) is 25.3 Å². The Bertz CT molecular complexity index is 1450. The number of aryl methyl sites for hydroxylation is 1. The number of anilines is 1. The van der Waals surface area contributed by atoms with E-state index in [-0.39, 0.29) is 40.3 Å². The highest BCUT2D eigenvalue weighted by Gasteiger charge is 2.27. The summed E-state index contributed by atoms with van der Waals surface area (Å²) in [6.07, 6.45) is 2.08. The van der Waals surface area contributed by atoms with Gasteiger partial charge in [0.25, 0.3) is 0 Å². The fourth-order valence-corrected chi connectivity index (χ4v) is 4.73. The van der Waals surface area contributed by atoms with E-state index in [1.165, 1.54) is 18.2 Å². The third kappa shape index (κ3) is 4.99. The zero-order valence-corrected chi connectivity index (χ0v) is 21.1. The molecule has 8 nitrogen and oxygen atoms in total. The van der Waals surface area contributed by atoms with Crippen molar-refractivity contribution >= 4 is 28.3 Å². The lowest BCUT2D eigenvalue weighted by molar-refractivity contribution is 0.294.